The highest BCUT2D eigenvalue weighted by atomic mass is 16.6. The average molecular weight is 572 g/mol. The number of fused-ring (bicyclic) bond motifs is 1. The normalized spacial score (nSPS) is 20.6. The maximum Gasteiger partial charge on any atom is 0.280 e. The minimum Gasteiger partial charge on any atom is -0.497 e. The van der Waals surface area contributed by atoms with Crippen molar-refractivity contribution in [2.75, 3.05) is 20.8 Å². The molecule has 3 heterocycles. The van der Waals surface area contributed by atoms with E-state index < -0.39 is 35.7 Å². The molecular formula is C30H29N5O7. The number of aliphatic hydroxyl groups excluding tert-OH is 2. The Kier molecular flexibility index (Phi) is 7.43. The Hall–Kier alpha value is -4.62. The second-order valence-electron chi connectivity index (χ2n) is 9.80. The van der Waals surface area contributed by atoms with Gasteiger partial charge >= 0.3 is 0 Å². The van der Waals surface area contributed by atoms with Gasteiger partial charge in [-0.3, -0.25) is 4.79 Å². The number of aliphatic hydroxyl groups is 2. The second-order valence-corrected chi connectivity index (χ2v) is 9.80. The van der Waals surface area contributed by atoms with Crippen LogP contribution in [-0.4, -0.2) is 74.3 Å². The van der Waals surface area contributed by atoms with E-state index in [0.717, 1.165) is 16.7 Å². The van der Waals surface area contributed by atoms with Gasteiger partial charge in [-0.1, -0.05) is 59.8 Å². The fourth-order valence-electron chi connectivity index (χ4n) is 5.30. The van der Waals surface area contributed by atoms with Gasteiger partial charge in [0.1, 0.15) is 35.4 Å². The number of aromatic nitrogens is 5. The Morgan fingerprint density at radius 3 is 2.07 bits per heavy atom. The Labute approximate surface area is 240 Å². The number of aromatic amines is 1. The molecule has 0 spiro atoms. The minimum absolute atomic E-state index is 0.00963. The third-order valence-electron chi connectivity index (χ3n) is 7.48. The zero-order chi connectivity index (χ0) is 29.3. The SMILES string of the molecule is COc1ccc(C(OC[C@H]2O[C@@H](n3nnc4c(=O)[nH]cnc43)[C@H](O)[C@@H]2O)(c2ccccc2)c2ccc(OC)cc2)cc1. The number of methoxy groups -OCH3 is 2. The first kappa shape index (κ1) is 27.5. The third kappa shape index (κ3) is 4.69. The van der Waals surface area contributed by atoms with Crippen molar-refractivity contribution in [3.63, 3.8) is 0 Å². The molecule has 0 radical (unpaired) electrons. The van der Waals surface area contributed by atoms with Gasteiger partial charge < -0.3 is 34.1 Å². The average Bonchev–Trinajstić information content (AvgIpc) is 3.59. The van der Waals surface area contributed by atoms with Crippen LogP contribution in [0.1, 0.15) is 22.9 Å². The molecule has 12 heteroatoms. The fourth-order valence-corrected chi connectivity index (χ4v) is 5.30. The Bertz CT molecular complexity index is 1660. The first-order valence-electron chi connectivity index (χ1n) is 13.2. The Morgan fingerprint density at radius 1 is 0.881 bits per heavy atom. The van der Waals surface area contributed by atoms with Gasteiger partial charge in [-0.05, 0) is 41.0 Å². The zero-order valence-electron chi connectivity index (χ0n) is 22.8. The summed E-state index contributed by atoms with van der Waals surface area (Å²) < 4.78 is 24.9. The maximum atomic E-state index is 12.1. The number of rotatable bonds is 9. The largest absolute Gasteiger partial charge is 0.497 e. The molecule has 3 aromatic carbocycles. The molecule has 4 atom stereocenters. The molecule has 1 fully saturated rings. The lowest BCUT2D eigenvalue weighted by atomic mass is 9.80. The van der Waals surface area contributed by atoms with Crippen LogP contribution in [-0.2, 0) is 15.1 Å². The molecule has 0 amide bonds. The summed E-state index contributed by atoms with van der Waals surface area (Å²) in [5.74, 6) is 1.37. The number of nitrogens with one attached hydrogen (secondary N) is 1. The molecule has 1 aliphatic rings. The summed E-state index contributed by atoms with van der Waals surface area (Å²) in [5, 5.41) is 29.9. The van der Waals surface area contributed by atoms with Crippen LogP contribution in [0.5, 0.6) is 11.5 Å². The Morgan fingerprint density at radius 2 is 1.48 bits per heavy atom. The van der Waals surface area contributed by atoms with E-state index in [9.17, 15) is 15.0 Å². The van der Waals surface area contributed by atoms with Gasteiger partial charge in [0.2, 0.25) is 0 Å². The van der Waals surface area contributed by atoms with Gasteiger partial charge in [0.05, 0.1) is 27.2 Å². The number of hydrogen-bond acceptors (Lipinski definition) is 10. The van der Waals surface area contributed by atoms with Crippen molar-refractivity contribution in [3.8, 4) is 11.5 Å². The van der Waals surface area contributed by atoms with Crippen molar-refractivity contribution in [2.45, 2.75) is 30.1 Å². The van der Waals surface area contributed by atoms with Crippen LogP contribution < -0.4 is 15.0 Å². The molecular weight excluding hydrogens is 542 g/mol. The highest BCUT2D eigenvalue weighted by molar-refractivity contribution is 5.67. The van der Waals surface area contributed by atoms with Crippen LogP contribution in [0.15, 0.2) is 90.0 Å². The van der Waals surface area contributed by atoms with Gasteiger partial charge in [0.15, 0.2) is 17.4 Å². The highest BCUT2D eigenvalue weighted by Crippen LogP contribution is 2.42. The lowest BCUT2D eigenvalue weighted by Gasteiger charge is -2.37. The fraction of sp³-hybridized carbons (Fsp3) is 0.267. The number of nitrogens with zero attached hydrogens (tertiary/aromatic N) is 4. The van der Waals surface area contributed by atoms with E-state index in [0.29, 0.717) is 11.5 Å². The molecule has 42 heavy (non-hydrogen) atoms. The van der Waals surface area contributed by atoms with Crippen LogP contribution in [0, 0.1) is 0 Å². The molecule has 1 saturated heterocycles. The van der Waals surface area contributed by atoms with E-state index in [4.69, 9.17) is 18.9 Å². The van der Waals surface area contributed by atoms with Crippen molar-refractivity contribution < 1.29 is 29.2 Å². The molecule has 3 N–H and O–H groups in total. The van der Waals surface area contributed by atoms with E-state index in [2.05, 4.69) is 20.3 Å². The van der Waals surface area contributed by atoms with Gasteiger partial charge in [0.25, 0.3) is 5.56 Å². The lowest BCUT2D eigenvalue weighted by Crippen LogP contribution is -2.39. The molecule has 5 aromatic rings. The van der Waals surface area contributed by atoms with Crippen LogP contribution in [0.3, 0.4) is 0 Å². The van der Waals surface area contributed by atoms with Crippen molar-refractivity contribution in [2.24, 2.45) is 0 Å². The molecule has 2 aromatic heterocycles. The second kappa shape index (κ2) is 11.3. The summed E-state index contributed by atoms with van der Waals surface area (Å²) in [4.78, 5) is 18.7. The molecule has 0 bridgehead atoms. The predicted octanol–water partition coefficient (Wildman–Crippen LogP) is 2.16. The number of H-pyrrole nitrogens is 1. The molecule has 216 valence electrons. The van der Waals surface area contributed by atoms with Gasteiger partial charge in [0, 0.05) is 0 Å². The monoisotopic (exact) mass is 571 g/mol. The summed E-state index contributed by atoms with van der Waals surface area (Å²) in [6.45, 7) is -0.123. The lowest BCUT2D eigenvalue weighted by molar-refractivity contribution is -0.0969. The van der Waals surface area contributed by atoms with E-state index in [-0.39, 0.29) is 17.8 Å². The highest BCUT2D eigenvalue weighted by Gasteiger charge is 2.47. The van der Waals surface area contributed by atoms with E-state index in [1.807, 2.05) is 78.9 Å². The zero-order valence-corrected chi connectivity index (χ0v) is 22.8. The van der Waals surface area contributed by atoms with Gasteiger partial charge in [-0.15, -0.1) is 5.10 Å². The van der Waals surface area contributed by atoms with E-state index in [1.54, 1.807) is 14.2 Å². The summed E-state index contributed by atoms with van der Waals surface area (Å²) in [6, 6.07) is 24.8. The van der Waals surface area contributed by atoms with Crippen molar-refractivity contribution in [1.29, 1.82) is 0 Å². The van der Waals surface area contributed by atoms with Crippen LogP contribution in [0.4, 0.5) is 0 Å². The molecule has 1 aliphatic heterocycles. The topological polar surface area (TPSA) is 154 Å². The molecule has 0 saturated carbocycles. The van der Waals surface area contributed by atoms with Gasteiger partial charge in [-0.25, -0.2) is 4.98 Å². The van der Waals surface area contributed by atoms with Gasteiger partial charge in [-0.2, -0.15) is 4.68 Å². The molecule has 6 rings (SSSR count). The standard InChI is InChI=1S/C30H29N5O7/c1-39-21-12-8-19(9-13-21)30(18-6-4-3-5-7-18,20-10-14-22(40-2)15-11-20)41-16-23-25(36)26(37)29(42-23)35-27-24(33-34-35)28(38)32-17-31-27/h3-15,17,23,25-26,29,36-37H,16H2,1-2H3,(H,31,32,38)/t23-,25-,26-,29-/m1/s1. The molecule has 0 aliphatic carbocycles. The molecule has 12 nitrogen and oxygen atoms in total. The minimum atomic E-state index is -1.39. The number of benzene rings is 3. The quantitative estimate of drug-likeness (QED) is 0.224. The van der Waals surface area contributed by atoms with E-state index >= 15 is 0 Å². The first-order chi connectivity index (χ1) is 20.5. The van der Waals surface area contributed by atoms with Crippen molar-refractivity contribution in [3.05, 3.63) is 112 Å². The Balaban J connectivity index is 1.39. The predicted molar refractivity (Wildman–Crippen MR) is 150 cm³/mol. The summed E-state index contributed by atoms with van der Waals surface area (Å²) in [7, 11) is 3.20. The number of ether oxygens (including phenoxy) is 4. The summed E-state index contributed by atoms with van der Waals surface area (Å²) in [5.41, 5.74) is 0.906. The van der Waals surface area contributed by atoms with E-state index in [1.165, 1.54) is 11.0 Å². The smallest absolute Gasteiger partial charge is 0.280 e. The van der Waals surface area contributed by atoms with Crippen molar-refractivity contribution >= 4 is 11.2 Å². The van der Waals surface area contributed by atoms with Crippen molar-refractivity contribution in [1.82, 2.24) is 25.0 Å². The summed E-state index contributed by atoms with van der Waals surface area (Å²) in [6.07, 6.45) is -3.64. The van der Waals surface area contributed by atoms with Crippen LogP contribution in [0.25, 0.3) is 11.2 Å². The molecule has 0 unspecified atom stereocenters. The first-order valence-corrected chi connectivity index (χ1v) is 13.2. The summed E-state index contributed by atoms with van der Waals surface area (Å²) >= 11 is 0. The number of hydrogen-bond donors (Lipinski definition) is 3. The van der Waals surface area contributed by atoms with Crippen LogP contribution >= 0.6 is 0 Å². The van der Waals surface area contributed by atoms with Crippen LogP contribution in [0.2, 0.25) is 0 Å². The maximum absolute atomic E-state index is 12.1. The third-order valence-corrected chi connectivity index (χ3v) is 7.48.